The quantitative estimate of drug-likeness (QED) is 0.128. The van der Waals surface area contributed by atoms with Gasteiger partial charge in [0.2, 0.25) is 0 Å². The van der Waals surface area contributed by atoms with Gasteiger partial charge in [-0.15, -0.1) is 18.2 Å². The van der Waals surface area contributed by atoms with Crippen LogP contribution < -0.4 is 8.79 Å². The maximum atomic E-state index is 6.18. The summed E-state index contributed by atoms with van der Waals surface area (Å²) in [4.78, 5) is 10.8. The molecule has 0 N–H and O–H groups in total. The maximum absolute atomic E-state index is 6.18. The topological polar surface area (TPSA) is 48.8 Å². The zero-order valence-corrected chi connectivity index (χ0v) is 31.9. The van der Waals surface area contributed by atoms with Crippen molar-refractivity contribution in [3.8, 4) is 16.9 Å². The normalized spacial score (nSPS) is 11.9. The molecular formula is C44H26GeN4OPdS-. The van der Waals surface area contributed by atoms with Crippen LogP contribution in [0.2, 0.25) is 0 Å². The van der Waals surface area contributed by atoms with E-state index in [9.17, 15) is 0 Å². The second-order valence-electron chi connectivity index (χ2n) is 12.7. The van der Waals surface area contributed by atoms with E-state index in [-0.39, 0.29) is 20.4 Å². The first-order chi connectivity index (χ1) is 25.3. The van der Waals surface area contributed by atoms with Gasteiger partial charge in [-0.05, 0) is 0 Å². The number of aromatic nitrogens is 4. The zero-order chi connectivity index (χ0) is 33.5. The standard InChI is InChI=1S/C44H26GeN4OS.Pd/c1-4-14-28(15-5-1)34-24-25-38-40(46-34)37(27-50-38)48-35-22-12-10-20-31(35)33-26-39-41(47-44(33)48)42-43(51-39)32-21-11-13-23-36(32)49(42)45(29-16-6-2-7-17-29)30-18-8-3-9-19-30;/h1-14,16-27H;/q-1;. The van der Waals surface area contributed by atoms with Gasteiger partial charge >= 0.3 is 284 Å². The van der Waals surface area contributed by atoms with Gasteiger partial charge in [0, 0.05) is 20.4 Å². The van der Waals surface area contributed by atoms with Crippen molar-refractivity contribution in [2.75, 3.05) is 0 Å². The molecule has 249 valence electrons. The van der Waals surface area contributed by atoms with E-state index < -0.39 is 14.6 Å². The van der Waals surface area contributed by atoms with Crippen LogP contribution >= 0.6 is 11.3 Å². The fraction of sp³-hybridized carbons (Fsp3) is 0. The number of furan rings is 1. The van der Waals surface area contributed by atoms with Crippen molar-refractivity contribution in [1.82, 2.24) is 18.1 Å². The Morgan fingerprint density at radius 1 is 0.635 bits per heavy atom. The van der Waals surface area contributed by atoms with Crippen LogP contribution in [-0.4, -0.2) is 32.6 Å². The molecule has 0 atom stereocenters. The van der Waals surface area contributed by atoms with E-state index in [4.69, 9.17) is 14.4 Å². The van der Waals surface area contributed by atoms with Crippen LogP contribution in [0.3, 0.4) is 0 Å². The molecule has 0 aliphatic heterocycles. The van der Waals surface area contributed by atoms with Gasteiger partial charge in [0.1, 0.15) is 0 Å². The van der Waals surface area contributed by atoms with Gasteiger partial charge in [-0.1, -0.05) is 0 Å². The Hall–Kier alpha value is -5.29. The van der Waals surface area contributed by atoms with E-state index in [1.807, 2.05) is 54.0 Å². The molecule has 0 amide bonds. The number of para-hydroxylation sites is 2. The van der Waals surface area contributed by atoms with Crippen LogP contribution in [0.5, 0.6) is 0 Å². The van der Waals surface area contributed by atoms with Gasteiger partial charge in [-0.25, -0.2) is 0 Å². The van der Waals surface area contributed by atoms with Gasteiger partial charge in [0.05, 0.1) is 0 Å². The molecule has 0 bridgehead atoms. The molecule has 5 aromatic carbocycles. The number of pyridine rings is 2. The third kappa shape index (κ3) is 4.71. The Bertz CT molecular complexity index is 3060. The van der Waals surface area contributed by atoms with Crippen LogP contribution in [0.25, 0.3) is 81.3 Å². The first-order valence-electron chi connectivity index (χ1n) is 16.9. The summed E-state index contributed by atoms with van der Waals surface area (Å²) in [7, 11) is 0. The van der Waals surface area contributed by atoms with Crippen molar-refractivity contribution in [3.63, 3.8) is 0 Å². The summed E-state index contributed by atoms with van der Waals surface area (Å²) in [6.07, 6.45) is 1.82. The summed E-state index contributed by atoms with van der Waals surface area (Å²) >= 11 is -0.547. The molecule has 0 aliphatic carbocycles. The SMILES string of the molecule is [Pd].[c-]1ccccc1-c1ccc2occ(-n3c4ccccc4c4cc5sc6c7ccccc7[n]([Ge]([c]7ccccc7)[c]7ccccc7)c6c5nc43)c2n1. The second-order valence-corrected chi connectivity index (χ2v) is 18.6. The van der Waals surface area contributed by atoms with Crippen molar-refractivity contribution in [1.29, 1.82) is 0 Å². The van der Waals surface area contributed by atoms with Gasteiger partial charge in [-0.3, -0.25) is 0 Å². The van der Waals surface area contributed by atoms with E-state index in [0.29, 0.717) is 0 Å². The summed E-state index contributed by atoms with van der Waals surface area (Å²) in [5, 5.41) is 3.54. The number of hydrogen-bond acceptors (Lipinski definition) is 4. The second kappa shape index (κ2) is 12.4. The zero-order valence-electron chi connectivity index (χ0n) is 27.4. The number of rotatable bonds is 5. The Labute approximate surface area is 320 Å². The Kier molecular flexibility index (Phi) is 7.52. The van der Waals surface area contributed by atoms with Gasteiger partial charge in [0.25, 0.3) is 0 Å². The average Bonchev–Trinajstić information content (AvgIpc) is 3.94. The molecule has 8 heteroatoms. The molecule has 6 heterocycles. The number of hydrogen-bond donors (Lipinski definition) is 0. The molecular weight excluding hydrogens is 812 g/mol. The summed E-state index contributed by atoms with van der Waals surface area (Å²) in [6, 6.07) is 57.2. The molecule has 0 spiro atoms. The third-order valence-corrected chi connectivity index (χ3v) is 16.6. The van der Waals surface area contributed by atoms with Crippen LogP contribution in [0.15, 0.2) is 162 Å². The summed E-state index contributed by atoms with van der Waals surface area (Å²) < 4.78 is 16.3. The van der Waals surface area contributed by atoms with Crippen molar-refractivity contribution in [3.05, 3.63) is 164 Å². The fourth-order valence-electron chi connectivity index (χ4n) is 7.60. The van der Waals surface area contributed by atoms with E-state index in [1.54, 1.807) is 0 Å². The molecule has 0 fully saturated rings. The average molecular weight is 838 g/mol. The van der Waals surface area contributed by atoms with Crippen molar-refractivity contribution >= 4 is 99.1 Å². The third-order valence-electron chi connectivity index (χ3n) is 9.82. The fourth-order valence-corrected chi connectivity index (χ4v) is 14.7. The monoisotopic (exact) mass is 838 g/mol. The van der Waals surface area contributed by atoms with E-state index in [1.165, 1.54) is 34.6 Å². The van der Waals surface area contributed by atoms with E-state index >= 15 is 0 Å². The molecule has 52 heavy (non-hydrogen) atoms. The number of thiophene rings is 1. The minimum absolute atomic E-state index is 0. The van der Waals surface area contributed by atoms with Crippen molar-refractivity contribution < 1.29 is 24.8 Å². The van der Waals surface area contributed by atoms with E-state index in [0.717, 1.165) is 55.5 Å². The van der Waals surface area contributed by atoms with Gasteiger partial charge in [0.15, 0.2) is 0 Å². The van der Waals surface area contributed by atoms with Crippen LogP contribution in [-0.2, 0) is 20.4 Å². The first-order valence-corrected chi connectivity index (χ1v) is 20.8. The number of benzene rings is 5. The van der Waals surface area contributed by atoms with Crippen LogP contribution in [0.1, 0.15) is 0 Å². The van der Waals surface area contributed by atoms with Gasteiger partial charge < -0.3 is 0 Å². The Morgan fingerprint density at radius 3 is 2.08 bits per heavy atom. The molecule has 0 saturated carbocycles. The molecule has 1 radical (unpaired) electrons. The summed E-state index contributed by atoms with van der Waals surface area (Å²) in [5.41, 5.74) is 9.66. The molecule has 6 aromatic heterocycles. The van der Waals surface area contributed by atoms with E-state index in [2.05, 4.69) is 129 Å². The van der Waals surface area contributed by atoms with Gasteiger partial charge in [-0.2, -0.15) is 0 Å². The van der Waals surface area contributed by atoms with Crippen LogP contribution in [0, 0.1) is 6.07 Å². The Morgan fingerprint density at radius 2 is 1.33 bits per heavy atom. The molecule has 5 nitrogen and oxygen atoms in total. The summed E-state index contributed by atoms with van der Waals surface area (Å²) in [6.45, 7) is 0. The molecule has 11 aromatic rings. The first kappa shape index (κ1) is 31.4. The Balaban J connectivity index is 0.00000338. The molecule has 0 saturated heterocycles. The van der Waals surface area contributed by atoms with Crippen molar-refractivity contribution in [2.45, 2.75) is 0 Å². The summed E-state index contributed by atoms with van der Waals surface area (Å²) in [5.74, 6) is 0. The number of fused-ring (bicyclic) bond motifs is 9. The predicted molar refractivity (Wildman–Crippen MR) is 212 cm³/mol. The van der Waals surface area contributed by atoms with Crippen LogP contribution in [0.4, 0.5) is 0 Å². The number of nitrogens with zero attached hydrogens (tertiary/aromatic N) is 4. The van der Waals surface area contributed by atoms with Crippen molar-refractivity contribution in [2.24, 2.45) is 0 Å². The predicted octanol–water partition coefficient (Wildman–Crippen LogP) is 9.76. The minimum atomic E-state index is -2.40. The molecule has 0 unspecified atom stereocenters. The molecule has 0 aliphatic rings. The molecule has 11 rings (SSSR count).